The second-order valence-electron chi connectivity index (χ2n) is 4.52. The van der Waals surface area contributed by atoms with Crippen LogP contribution in [0.15, 0.2) is 27.9 Å². The third-order valence-corrected chi connectivity index (χ3v) is 3.75. The van der Waals surface area contributed by atoms with Gasteiger partial charge in [0.1, 0.15) is 4.60 Å². The highest BCUT2D eigenvalue weighted by molar-refractivity contribution is 9.10. The number of halogens is 1. The average Bonchev–Trinajstić information content (AvgIpc) is 3.00. The molecule has 1 atom stereocenters. The Morgan fingerprint density at radius 1 is 1.55 bits per heavy atom. The molecule has 2 aromatic rings. The molecule has 0 saturated carbocycles. The molecule has 1 fully saturated rings. The van der Waals surface area contributed by atoms with Crippen LogP contribution in [0.4, 0.5) is 5.95 Å². The van der Waals surface area contributed by atoms with Crippen LogP contribution in [-0.4, -0.2) is 33.6 Å². The van der Waals surface area contributed by atoms with Crippen molar-refractivity contribution in [3.8, 4) is 0 Å². The molecule has 1 amide bonds. The molecule has 0 spiro atoms. The first kappa shape index (κ1) is 12.9. The molecule has 9 heteroatoms. The number of carbonyl (C=O) groups excluding carboxylic acids is 1. The molecule has 1 unspecified atom stereocenters. The van der Waals surface area contributed by atoms with E-state index in [0.29, 0.717) is 31.1 Å². The smallest absolute Gasteiger partial charge is 0.252 e. The standard InChI is InChI=1S/C11H10BrN7O/c12-8-2-1-3-9-15-11(16-19(8)9)18-6-7(4-10(18)20)5-14-17-13/h1-3,7H,4-6H2. The van der Waals surface area contributed by atoms with E-state index in [9.17, 15) is 4.79 Å². The minimum Gasteiger partial charge on any atom is -0.279 e. The Hall–Kier alpha value is -2.12. The monoisotopic (exact) mass is 335 g/mol. The van der Waals surface area contributed by atoms with E-state index in [0.717, 1.165) is 4.60 Å². The van der Waals surface area contributed by atoms with Crippen molar-refractivity contribution in [2.45, 2.75) is 6.42 Å². The average molecular weight is 336 g/mol. The van der Waals surface area contributed by atoms with E-state index in [4.69, 9.17) is 5.53 Å². The molecule has 20 heavy (non-hydrogen) atoms. The number of amides is 1. The van der Waals surface area contributed by atoms with Gasteiger partial charge in [-0.2, -0.15) is 4.98 Å². The van der Waals surface area contributed by atoms with Crippen molar-refractivity contribution in [2.75, 3.05) is 18.0 Å². The van der Waals surface area contributed by atoms with Gasteiger partial charge in [-0.05, 0) is 39.5 Å². The predicted octanol–water partition coefficient (Wildman–Crippen LogP) is 2.16. The van der Waals surface area contributed by atoms with Crippen LogP contribution >= 0.6 is 15.9 Å². The SMILES string of the molecule is [N-]=[N+]=NCC1CC(=O)N(c2nc3cccc(Br)n3n2)C1. The van der Waals surface area contributed by atoms with Crippen LogP contribution in [0.2, 0.25) is 0 Å². The first-order valence-electron chi connectivity index (χ1n) is 6.01. The van der Waals surface area contributed by atoms with Crippen molar-refractivity contribution >= 4 is 33.4 Å². The Kier molecular flexibility index (Phi) is 3.29. The zero-order chi connectivity index (χ0) is 14.1. The van der Waals surface area contributed by atoms with E-state index < -0.39 is 0 Å². The third-order valence-electron chi connectivity index (χ3n) is 3.15. The summed E-state index contributed by atoms with van der Waals surface area (Å²) in [6.45, 7) is 0.794. The number of pyridine rings is 1. The van der Waals surface area contributed by atoms with Gasteiger partial charge >= 0.3 is 0 Å². The van der Waals surface area contributed by atoms with Gasteiger partial charge in [-0.3, -0.25) is 9.69 Å². The number of fused-ring (bicyclic) bond motifs is 1. The van der Waals surface area contributed by atoms with Gasteiger partial charge < -0.3 is 0 Å². The topological polar surface area (TPSA) is 99.3 Å². The number of azide groups is 1. The van der Waals surface area contributed by atoms with Gasteiger partial charge in [0.15, 0.2) is 5.65 Å². The van der Waals surface area contributed by atoms with Crippen LogP contribution in [0.3, 0.4) is 0 Å². The summed E-state index contributed by atoms with van der Waals surface area (Å²) in [7, 11) is 0. The highest BCUT2D eigenvalue weighted by atomic mass is 79.9. The second kappa shape index (κ2) is 5.10. The fraction of sp³-hybridized carbons (Fsp3) is 0.364. The summed E-state index contributed by atoms with van der Waals surface area (Å²) in [6.07, 6.45) is 0.357. The van der Waals surface area contributed by atoms with Crippen molar-refractivity contribution in [3.05, 3.63) is 33.2 Å². The lowest BCUT2D eigenvalue weighted by Gasteiger charge is -2.10. The van der Waals surface area contributed by atoms with Gasteiger partial charge in [0.25, 0.3) is 5.95 Å². The number of hydrogen-bond acceptors (Lipinski definition) is 4. The lowest BCUT2D eigenvalue weighted by Crippen LogP contribution is -2.26. The summed E-state index contributed by atoms with van der Waals surface area (Å²) >= 11 is 3.38. The Morgan fingerprint density at radius 2 is 2.40 bits per heavy atom. The maximum Gasteiger partial charge on any atom is 0.252 e. The zero-order valence-corrected chi connectivity index (χ0v) is 11.9. The Labute approximate surface area is 122 Å². The largest absolute Gasteiger partial charge is 0.279 e. The van der Waals surface area contributed by atoms with Crippen LogP contribution in [0.1, 0.15) is 6.42 Å². The summed E-state index contributed by atoms with van der Waals surface area (Å²) in [5, 5.41) is 7.84. The first-order chi connectivity index (χ1) is 9.69. The van der Waals surface area contributed by atoms with E-state index in [1.165, 1.54) is 4.90 Å². The van der Waals surface area contributed by atoms with Crippen molar-refractivity contribution in [3.63, 3.8) is 0 Å². The van der Waals surface area contributed by atoms with E-state index in [-0.39, 0.29) is 11.8 Å². The Bertz CT molecular complexity index is 721. The summed E-state index contributed by atoms with van der Waals surface area (Å²) in [4.78, 5) is 20.6. The first-order valence-corrected chi connectivity index (χ1v) is 6.81. The fourth-order valence-electron chi connectivity index (χ4n) is 2.23. The van der Waals surface area contributed by atoms with Gasteiger partial charge in [0.2, 0.25) is 5.91 Å². The van der Waals surface area contributed by atoms with Gasteiger partial charge in [-0.25, -0.2) is 4.52 Å². The van der Waals surface area contributed by atoms with Crippen molar-refractivity contribution in [1.29, 1.82) is 0 Å². The molecule has 8 nitrogen and oxygen atoms in total. The van der Waals surface area contributed by atoms with Crippen LogP contribution in [0, 0.1) is 5.92 Å². The molecule has 0 bridgehead atoms. The van der Waals surface area contributed by atoms with Crippen LogP contribution in [-0.2, 0) is 4.79 Å². The second-order valence-corrected chi connectivity index (χ2v) is 5.33. The van der Waals surface area contributed by atoms with Gasteiger partial charge in [0, 0.05) is 24.4 Å². The van der Waals surface area contributed by atoms with E-state index >= 15 is 0 Å². The van der Waals surface area contributed by atoms with Gasteiger partial charge in [0.05, 0.1) is 0 Å². The predicted molar refractivity (Wildman–Crippen MR) is 75.2 cm³/mol. The van der Waals surface area contributed by atoms with Crippen molar-refractivity contribution in [1.82, 2.24) is 14.6 Å². The third kappa shape index (κ3) is 2.21. The minimum absolute atomic E-state index is 0.0217. The molecule has 0 aromatic carbocycles. The molecular formula is C11H10BrN7O. The van der Waals surface area contributed by atoms with Crippen LogP contribution < -0.4 is 4.90 Å². The quantitative estimate of drug-likeness (QED) is 0.371. The molecule has 2 aromatic heterocycles. The van der Waals surface area contributed by atoms with E-state index in [1.54, 1.807) is 4.52 Å². The maximum atomic E-state index is 12.0. The lowest BCUT2D eigenvalue weighted by molar-refractivity contribution is -0.117. The molecule has 102 valence electrons. The number of rotatable bonds is 3. The zero-order valence-electron chi connectivity index (χ0n) is 10.3. The van der Waals surface area contributed by atoms with E-state index in [2.05, 4.69) is 36.0 Å². The number of aromatic nitrogens is 3. The van der Waals surface area contributed by atoms with Gasteiger partial charge in [-0.15, -0.1) is 5.10 Å². The van der Waals surface area contributed by atoms with Gasteiger partial charge in [-0.1, -0.05) is 11.2 Å². The fourth-order valence-corrected chi connectivity index (χ4v) is 2.64. The lowest BCUT2D eigenvalue weighted by atomic mass is 10.1. The molecule has 1 aliphatic rings. The summed E-state index contributed by atoms with van der Waals surface area (Å²) in [5.41, 5.74) is 9.00. The maximum absolute atomic E-state index is 12.0. The molecule has 3 rings (SSSR count). The van der Waals surface area contributed by atoms with Crippen LogP contribution in [0.5, 0.6) is 0 Å². The highest BCUT2D eigenvalue weighted by Crippen LogP contribution is 2.24. The number of anilines is 1. The minimum atomic E-state index is -0.0461. The number of nitrogens with zero attached hydrogens (tertiary/aromatic N) is 7. The van der Waals surface area contributed by atoms with Crippen molar-refractivity contribution < 1.29 is 4.79 Å². The summed E-state index contributed by atoms with van der Waals surface area (Å²) in [5.74, 6) is 0.356. The van der Waals surface area contributed by atoms with Crippen molar-refractivity contribution in [2.24, 2.45) is 11.0 Å². The van der Waals surface area contributed by atoms with Crippen LogP contribution in [0.25, 0.3) is 16.1 Å². The molecule has 0 radical (unpaired) electrons. The summed E-state index contributed by atoms with van der Waals surface area (Å²) < 4.78 is 2.40. The molecule has 0 N–H and O–H groups in total. The number of carbonyl (C=O) groups is 1. The molecule has 1 saturated heterocycles. The molecule has 1 aliphatic heterocycles. The Balaban J connectivity index is 1.89. The number of hydrogen-bond donors (Lipinski definition) is 0. The molecular weight excluding hydrogens is 326 g/mol. The molecule has 3 heterocycles. The Morgan fingerprint density at radius 3 is 3.15 bits per heavy atom. The normalized spacial score (nSPS) is 18.6. The molecule has 0 aliphatic carbocycles. The summed E-state index contributed by atoms with van der Waals surface area (Å²) in [6, 6.07) is 5.52. The van der Waals surface area contributed by atoms with E-state index in [1.807, 2.05) is 18.2 Å². The highest BCUT2D eigenvalue weighted by Gasteiger charge is 2.32.